The summed E-state index contributed by atoms with van der Waals surface area (Å²) in [5.74, 6) is 0. The molecular weight excluding hydrogens is 825 g/mol. The molecule has 4 atom stereocenters. The minimum atomic E-state index is -0.111. The summed E-state index contributed by atoms with van der Waals surface area (Å²) >= 11 is 0. The zero-order valence-corrected chi connectivity index (χ0v) is 40.9. The van der Waals surface area contributed by atoms with E-state index in [1.54, 1.807) is 0 Å². The molecule has 68 heavy (non-hydrogen) atoms. The fourth-order valence-corrected chi connectivity index (χ4v) is 9.83. The van der Waals surface area contributed by atoms with E-state index in [0.29, 0.717) is 0 Å². The van der Waals surface area contributed by atoms with Crippen LogP contribution in [-0.2, 0) is 0 Å². The first-order valence-electron chi connectivity index (χ1n) is 24.8. The fraction of sp³-hybridized carbons (Fsp3) is 0.188. The first-order valence-corrected chi connectivity index (χ1v) is 24.8. The maximum atomic E-state index is 4.06. The van der Waals surface area contributed by atoms with Crippen LogP contribution in [0.1, 0.15) is 113 Å². The Labute approximate surface area is 404 Å². The van der Waals surface area contributed by atoms with Crippen molar-refractivity contribution in [1.82, 2.24) is 10.6 Å². The third-order valence-corrected chi connectivity index (χ3v) is 13.0. The molecule has 0 spiro atoms. The summed E-state index contributed by atoms with van der Waals surface area (Å²) in [5.41, 5.74) is 9.77. The summed E-state index contributed by atoms with van der Waals surface area (Å²) in [4.78, 5) is 0. The van der Waals surface area contributed by atoms with E-state index in [0.717, 1.165) is 11.4 Å². The van der Waals surface area contributed by atoms with Gasteiger partial charge >= 0.3 is 0 Å². The summed E-state index contributed by atoms with van der Waals surface area (Å²) in [6.45, 7) is 16.0. The van der Waals surface area contributed by atoms with E-state index in [2.05, 4.69) is 215 Å². The molecule has 2 aliphatic heterocycles. The quantitative estimate of drug-likeness (QED) is 0.105. The van der Waals surface area contributed by atoms with E-state index in [9.17, 15) is 0 Å². The van der Waals surface area contributed by atoms with E-state index >= 15 is 0 Å². The molecule has 4 unspecified atom stereocenters. The maximum absolute atomic E-state index is 4.06. The van der Waals surface area contributed by atoms with Gasteiger partial charge in [0.2, 0.25) is 0 Å². The summed E-state index contributed by atoms with van der Waals surface area (Å²) < 4.78 is 0. The van der Waals surface area contributed by atoms with Crippen LogP contribution in [-0.4, -0.2) is 0 Å². The van der Waals surface area contributed by atoms with E-state index < -0.39 is 0 Å². The van der Waals surface area contributed by atoms with Gasteiger partial charge in [-0.05, 0) is 125 Å². The highest BCUT2D eigenvalue weighted by atomic mass is 15.2. The summed E-state index contributed by atoms with van der Waals surface area (Å²) in [6, 6.07) is 71.2. The molecule has 0 aliphatic carbocycles. The SMILES string of the molecule is C/C=C\C.CC.CC.CC.c1ccc2c(c1)NC(c1ccc(C3Nc4ccccc4C(c4ccc5c(ccc6ccccc65)c4)N3)c3ccccc13)NC2c1ccc2c(ccc3ccccc32)c1. The topological polar surface area (TPSA) is 48.1 Å². The Balaban J connectivity index is 0.000000583. The molecule has 2 heterocycles. The van der Waals surface area contributed by atoms with Crippen molar-refractivity contribution in [3.05, 3.63) is 240 Å². The second kappa shape index (κ2) is 22.0. The van der Waals surface area contributed by atoms with Crippen molar-refractivity contribution in [2.45, 2.75) is 79.8 Å². The molecule has 4 heteroatoms. The molecule has 0 fully saturated rings. The van der Waals surface area contributed by atoms with Crippen LogP contribution in [0.25, 0.3) is 53.9 Å². The first-order chi connectivity index (χ1) is 33.6. The standard InChI is InChI=1S/C54H40N4.C4H8.3C2H6/c1-3-13-39-33(11-1)21-23-35-31-37(25-27-41(35)39)51-47-17-7-9-19-49(47)55-53(57-51)45-29-30-46(44-16-6-5-15-43(44)45)54-56-50-20-10-8-18-48(50)52(58-54)38-26-28-42-36(32-38)24-22-34-12-2-4-14-40(34)42;1-3-4-2;3*1-2/h1-32,51-58H;3-4H,1-2H3;3*1-2H3/b;4-3-;;;. The molecule has 10 aromatic carbocycles. The van der Waals surface area contributed by atoms with Crippen molar-refractivity contribution in [1.29, 1.82) is 0 Å². The number of para-hydroxylation sites is 2. The van der Waals surface area contributed by atoms with Gasteiger partial charge in [-0.15, -0.1) is 0 Å². The Bertz CT molecular complexity index is 3110. The lowest BCUT2D eigenvalue weighted by Crippen LogP contribution is -2.38. The van der Waals surface area contributed by atoms with Crippen molar-refractivity contribution in [2.24, 2.45) is 0 Å². The average Bonchev–Trinajstić information content (AvgIpc) is 3.43. The summed E-state index contributed by atoms with van der Waals surface area (Å²) in [6.07, 6.45) is 3.78. The zero-order valence-electron chi connectivity index (χ0n) is 40.9. The van der Waals surface area contributed by atoms with Gasteiger partial charge in [0.05, 0.1) is 12.1 Å². The molecule has 0 aromatic heterocycles. The van der Waals surface area contributed by atoms with Gasteiger partial charge in [0.25, 0.3) is 0 Å². The molecule has 4 N–H and O–H groups in total. The lowest BCUT2D eigenvalue weighted by Gasteiger charge is -2.37. The monoisotopic (exact) mass is 891 g/mol. The normalized spacial score (nSPS) is 16.9. The van der Waals surface area contributed by atoms with E-state index in [4.69, 9.17) is 0 Å². The molecule has 0 bridgehead atoms. The average molecular weight is 891 g/mol. The van der Waals surface area contributed by atoms with Crippen LogP contribution < -0.4 is 21.3 Å². The highest BCUT2D eigenvalue weighted by Gasteiger charge is 2.32. The van der Waals surface area contributed by atoms with Gasteiger partial charge in [-0.25, -0.2) is 0 Å². The van der Waals surface area contributed by atoms with Crippen LogP contribution in [0, 0.1) is 0 Å². The predicted octanol–water partition coefficient (Wildman–Crippen LogP) is 17.7. The predicted molar refractivity (Wildman–Crippen MR) is 297 cm³/mol. The van der Waals surface area contributed by atoms with Crippen LogP contribution >= 0.6 is 0 Å². The van der Waals surface area contributed by atoms with Crippen LogP contribution in [0.2, 0.25) is 0 Å². The number of hydrogen-bond donors (Lipinski definition) is 4. The Morgan fingerprint density at radius 2 is 0.647 bits per heavy atom. The Morgan fingerprint density at radius 3 is 1.06 bits per heavy atom. The smallest absolute Gasteiger partial charge is 0.105 e. The molecule has 10 aromatic rings. The summed E-state index contributed by atoms with van der Waals surface area (Å²) in [7, 11) is 0. The van der Waals surface area contributed by atoms with Crippen molar-refractivity contribution in [2.75, 3.05) is 10.6 Å². The minimum Gasteiger partial charge on any atom is -0.366 e. The van der Waals surface area contributed by atoms with Gasteiger partial charge < -0.3 is 10.6 Å². The number of hydrogen-bond acceptors (Lipinski definition) is 4. The first kappa shape index (κ1) is 47.3. The second-order valence-electron chi connectivity index (χ2n) is 16.5. The lowest BCUT2D eigenvalue weighted by molar-refractivity contribution is 0.504. The van der Waals surface area contributed by atoms with Crippen molar-refractivity contribution >= 4 is 65.2 Å². The minimum absolute atomic E-state index is 0.00985. The van der Waals surface area contributed by atoms with Crippen LogP contribution in [0.4, 0.5) is 11.4 Å². The van der Waals surface area contributed by atoms with Crippen LogP contribution in [0.3, 0.4) is 0 Å². The van der Waals surface area contributed by atoms with Crippen molar-refractivity contribution in [3.63, 3.8) is 0 Å². The number of fused-ring (bicyclic) bond motifs is 9. The fourth-order valence-electron chi connectivity index (χ4n) is 9.83. The zero-order chi connectivity index (χ0) is 47.6. The van der Waals surface area contributed by atoms with Gasteiger partial charge in [-0.1, -0.05) is 224 Å². The lowest BCUT2D eigenvalue weighted by atomic mass is 9.89. The molecule has 342 valence electrons. The highest BCUT2D eigenvalue weighted by molar-refractivity contribution is 6.08. The van der Waals surface area contributed by atoms with Crippen molar-refractivity contribution < 1.29 is 0 Å². The Hall–Kier alpha value is -7.24. The molecular formula is C64H66N4. The van der Waals surface area contributed by atoms with Gasteiger partial charge in [0.15, 0.2) is 0 Å². The second-order valence-corrected chi connectivity index (χ2v) is 16.5. The van der Waals surface area contributed by atoms with Gasteiger partial charge in [0.1, 0.15) is 12.3 Å². The molecule has 12 rings (SSSR count). The number of rotatable bonds is 4. The van der Waals surface area contributed by atoms with Crippen LogP contribution in [0.5, 0.6) is 0 Å². The molecule has 0 saturated heterocycles. The highest BCUT2D eigenvalue weighted by Crippen LogP contribution is 2.43. The van der Waals surface area contributed by atoms with Crippen LogP contribution in [0.15, 0.2) is 206 Å². The van der Waals surface area contributed by atoms with Crippen molar-refractivity contribution in [3.8, 4) is 0 Å². The molecule has 0 radical (unpaired) electrons. The van der Waals surface area contributed by atoms with E-state index in [-0.39, 0.29) is 24.4 Å². The summed E-state index contributed by atoms with van der Waals surface area (Å²) in [5, 5.41) is 28.5. The third-order valence-electron chi connectivity index (χ3n) is 13.0. The van der Waals surface area contributed by atoms with Gasteiger partial charge in [-0.3, -0.25) is 10.6 Å². The van der Waals surface area contributed by atoms with Gasteiger partial charge in [-0.2, -0.15) is 0 Å². The molecule has 0 amide bonds. The molecule has 0 saturated carbocycles. The molecule has 4 nitrogen and oxygen atoms in total. The number of allylic oxidation sites excluding steroid dienone is 2. The largest absolute Gasteiger partial charge is 0.366 e. The number of benzene rings is 10. The van der Waals surface area contributed by atoms with E-state index in [1.165, 1.54) is 87.2 Å². The maximum Gasteiger partial charge on any atom is 0.105 e. The Kier molecular flexibility index (Phi) is 15.3. The van der Waals surface area contributed by atoms with Gasteiger partial charge in [0, 0.05) is 11.4 Å². The third kappa shape index (κ3) is 9.23. The van der Waals surface area contributed by atoms with E-state index in [1.807, 2.05) is 67.5 Å². The molecule has 2 aliphatic rings. The number of anilines is 2. The Morgan fingerprint density at radius 1 is 0.309 bits per heavy atom. The number of nitrogens with one attached hydrogen (secondary N) is 4.